The molecule has 118 valence electrons. The third kappa shape index (κ3) is 4.75. The van der Waals surface area contributed by atoms with E-state index in [0.717, 1.165) is 23.7 Å². The fourth-order valence-electron chi connectivity index (χ4n) is 2.52. The van der Waals surface area contributed by atoms with Crippen LogP contribution in [0.1, 0.15) is 43.4 Å². The SMILES string of the molecule is COc1cccc(C(C)NCCC(C)c2cccc(Cl)c2)c1. The minimum absolute atomic E-state index is 0.307. The molecule has 2 rings (SSSR count). The zero-order valence-electron chi connectivity index (χ0n) is 13.5. The number of halogens is 1. The molecule has 1 N–H and O–H groups in total. The van der Waals surface area contributed by atoms with E-state index in [1.807, 2.05) is 24.3 Å². The molecular formula is C19H24ClNO. The first-order valence-electron chi connectivity index (χ1n) is 7.73. The molecule has 0 radical (unpaired) electrons. The van der Waals surface area contributed by atoms with E-state index < -0.39 is 0 Å². The number of ether oxygens (including phenoxy) is 1. The average molecular weight is 318 g/mol. The molecule has 2 unspecified atom stereocenters. The summed E-state index contributed by atoms with van der Waals surface area (Å²) < 4.78 is 5.28. The van der Waals surface area contributed by atoms with Gasteiger partial charge in [0.1, 0.15) is 5.75 Å². The van der Waals surface area contributed by atoms with Crippen LogP contribution in [0, 0.1) is 0 Å². The lowest BCUT2D eigenvalue weighted by atomic mass is 9.97. The quantitative estimate of drug-likeness (QED) is 0.758. The van der Waals surface area contributed by atoms with Crippen molar-refractivity contribution in [3.8, 4) is 5.75 Å². The van der Waals surface area contributed by atoms with Crippen LogP contribution >= 0.6 is 11.6 Å². The molecule has 0 spiro atoms. The Hall–Kier alpha value is -1.51. The van der Waals surface area contributed by atoms with Crippen molar-refractivity contribution in [3.63, 3.8) is 0 Å². The Balaban J connectivity index is 1.85. The average Bonchev–Trinajstić information content (AvgIpc) is 2.54. The van der Waals surface area contributed by atoms with Gasteiger partial charge in [-0.1, -0.05) is 42.8 Å². The highest BCUT2D eigenvalue weighted by Crippen LogP contribution is 2.23. The van der Waals surface area contributed by atoms with E-state index >= 15 is 0 Å². The Bertz CT molecular complexity index is 599. The molecule has 22 heavy (non-hydrogen) atoms. The van der Waals surface area contributed by atoms with Gasteiger partial charge in [0.25, 0.3) is 0 Å². The zero-order valence-corrected chi connectivity index (χ0v) is 14.2. The standard InChI is InChI=1S/C19H24ClNO/c1-14(16-6-4-8-18(20)12-16)10-11-21-15(2)17-7-5-9-19(13-17)22-3/h4-9,12-15,21H,10-11H2,1-3H3. The number of hydrogen-bond acceptors (Lipinski definition) is 2. The first kappa shape index (κ1) is 16.9. The molecule has 2 aromatic rings. The number of methoxy groups -OCH3 is 1. The predicted molar refractivity (Wildman–Crippen MR) is 93.9 cm³/mol. The minimum Gasteiger partial charge on any atom is -0.497 e. The summed E-state index contributed by atoms with van der Waals surface area (Å²) in [5, 5.41) is 4.38. The number of hydrogen-bond donors (Lipinski definition) is 1. The van der Waals surface area contributed by atoms with Gasteiger partial charge in [0.2, 0.25) is 0 Å². The van der Waals surface area contributed by atoms with Crippen LogP contribution in [0.25, 0.3) is 0 Å². The van der Waals surface area contributed by atoms with E-state index in [9.17, 15) is 0 Å². The summed E-state index contributed by atoms with van der Waals surface area (Å²) in [6.07, 6.45) is 1.08. The van der Waals surface area contributed by atoms with Gasteiger partial charge in [0.05, 0.1) is 7.11 Å². The maximum absolute atomic E-state index is 6.05. The van der Waals surface area contributed by atoms with Gasteiger partial charge in [-0.3, -0.25) is 0 Å². The second kappa shape index (κ2) is 8.21. The fraction of sp³-hybridized carbons (Fsp3) is 0.368. The lowest BCUT2D eigenvalue weighted by Crippen LogP contribution is -2.21. The summed E-state index contributed by atoms with van der Waals surface area (Å²) in [7, 11) is 1.70. The predicted octanol–water partition coefficient (Wildman–Crippen LogP) is 5.19. The highest BCUT2D eigenvalue weighted by Gasteiger charge is 2.09. The van der Waals surface area contributed by atoms with Gasteiger partial charge in [0.15, 0.2) is 0 Å². The van der Waals surface area contributed by atoms with Crippen LogP contribution in [0.3, 0.4) is 0 Å². The maximum Gasteiger partial charge on any atom is 0.119 e. The van der Waals surface area contributed by atoms with E-state index in [0.29, 0.717) is 12.0 Å². The Morgan fingerprint density at radius 3 is 2.50 bits per heavy atom. The molecule has 2 aromatic carbocycles. The Morgan fingerprint density at radius 2 is 1.77 bits per heavy atom. The molecule has 0 bridgehead atoms. The van der Waals surface area contributed by atoms with Crippen LogP contribution in [0.2, 0.25) is 5.02 Å². The molecule has 0 aromatic heterocycles. The van der Waals surface area contributed by atoms with Crippen LogP contribution in [0.4, 0.5) is 0 Å². The summed E-state index contributed by atoms with van der Waals surface area (Å²) >= 11 is 6.05. The lowest BCUT2D eigenvalue weighted by Gasteiger charge is -2.17. The molecule has 0 saturated heterocycles. The molecule has 0 fully saturated rings. The lowest BCUT2D eigenvalue weighted by molar-refractivity contribution is 0.413. The van der Waals surface area contributed by atoms with Crippen LogP contribution in [-0.4, -0.2) is 13.7 Å². The van der Waals surface area contributed by atoms with E-state index in [2.05, 4.69) is 43.4 Å². The highest BCUT2D eigenvalue weighted by atomic mass is 35.5. The fourth-order valence-corrected chi connectivity index (χ4v) is 2.72. The highest BCUT2D eigenvalue weighted by molar-refractivity contribution is 6.30. The second-order valence-electron chi connectivity index (χ2n) is 5.70. The van der Waals surface area contributed by atoms with Crippen molar-refractivity contribution in [1.29, 1.82) is 0 Å². The second-order valence-corrected chi connectivity index (χ2v) is 6.13. The molecule has 0 aliphatic heterocycles. The monoisotopic (exact) mass is 317 g/mol. The van der Waals surface area contributed by atoms with Gasteiger partial charge < -0.3 is 10.1 Å². The first-order valence-corrected chi connectivity index (χ1v) is 8.10. The van der Waals surface area contributed by atoms with Crippen molar-refractivity contribution in [1.82, 2.24) is 5.32 Å². The summed E-state index contributed by atoms with van der Waals surface area (Å²) in [4.78, 5) is 0. The van der Waals surface area contributed by atoms with Crippen molar-refractivity contribution in [2.75, 3.05) is 13.7 Å². The number of benzene rings is 2. The molecule has 2 nitrogen and oxygen atoms in total. The van der Waals surface area contributed by atoms with Gasteiger partial charge in [-0.2, -0.15) is 0 Å². The molecule has 2 atom stereocenters. The molecule has 0 heterocycles. The van der Waals surface area contributed by atoms with Gasteiger partial charge >= 0.3 is 0 Å². The normalized spacial score (nSPS) is 13.6. The van der Waals surface area contributed by atoms with E-state index in [-0.39, 0.29) is 0 Å². The largest absolute Gasteiger partial charge is 0.497 e. The van der Waals surface area contributed by atoms with Crippen molar-refractivity contribution in [3.05, 3.63) is 64.7 Å². The third-order valence-electron chi connectivity index (χ3n) is 4.04. The van der Waals surface area contributed by atoms with Crippen molar-refractivity contribution in [2.24, 2.45) is 0 Å². The van der Waals surface area contributed by atoms with Crippen molar-refractivity contribution < 1.29 is 4.74 Å². The van der Waals surface area contributed by atoms with Crippen LogP contribution in [0.5, 0.6) is 5.75 Å². The molecule has 0 saturated carbocycles. The van der Waals surface area contributed by atoms with E-state index in [1.165, 1.54) is 11.1 Å². The van der Waals surface area contributed by atoms with Gasteiger partial charge in [0, 0.05) is 11.1 Å². The molecule has 0 aliphatic rings. The van der Waals surface area contributed by atoms with Gasteiger partial charge in [-0.25, -0.2) is 0 Å². The first-order chi connectivity index (χ1) is 10.6. The summed E-state index contributed by atoms with van der Waals surface area (Å²) in [5.74, 6) is 1.39. The van der Waals surface area contributed by atoms with Crippen molar-refractivity contribution >= 4 is 11.6 Å². The summed E-state index contributed by atoms with van der Waals surface area (Å²) in [6.45, 7) is 5.38. The Kier molecular flexibility index (Phi) is 6.29. The minimum atomic E-state index is 0.307. The summed E-state index contributed by atoms with van der Waals surface area (Å²) in [6, 6.07) is 16.6. The maximum atomic E-state index is 6.05. The molecule has 3 heteroatoms. The topological polar surface area (TPSA) is 21.3 Å². The molecule has 0 amide bonds. The van der Waals surface area contributed by atoms with E-state index in [1.54, 1.807) is 7.11 Å². The number of nitrogens with one attached hydrogen (secondary N) is 1. The Labute approximate surface area is 138 Å². The number of rotatable bonds is 7. The van der Waals surface area contributed by atoms with Gasteiger partial charge in [-0.05, 0) is 61.2 Å². The molecule has 0 aliphatic carbocycles. The van der Waals surface area contributed by atoms with Crippen LogP contribution in [0.15, 0.2) is 48.5 Å². The van der Waals surface area contributed by atoms with Crippen LogP contribution in [-0.2, 0) is 0 Å². The smallest absolute Gasteiger partial charge is 0.119 e. The molecular weight excluding hydrogens is 294 g/mol. The van der Waals surface area contributed by atoms with Crippen LogP contribution < -0.4 is 10.1 Å². The van der Waals surface area contributed by atoms with Crippen molar-refractivity contribution in [2.45, 2.75) is 32.2 Å². The van der Waals surface area contributed by atoms with E-state index in [4.69, 9.17) is 16.3 Å². The van der Waals surface area contributed by atoms with Gasteiger partial charge in [-0.15, -0.1) is 0 Å². The Morgan fingerprint density at radius 1 is 1.05 bits per heavy atom. The zero-order chi connectivity index (χ0) is 15.9. The third-order valence-corrected chi connectivity index (χ3v) is 4.27. The summed E-state index contributed by atoms with van der Waals surface area (Å²) in [5.41, 5.74) is 2.54.